The summed E-state index contributed by atoms with van der Waals surface area (Å²) in [7, 11) is 0. The summed E-state index contributed by atoms with van der Waals surface area (Å²) in [6.07, 6.45) is 1.85. The average Bonchev–Trinajstić information content (AvgIpc) is 2.71. The number of aryl methyl sites for hydroxylation is 1. The third-order valence-electron chi connectivity index (χ3n) is 2.40. The highest BCUT2D eigenvalue weighted by atomic mass is 79.9. The highest BCUT2D eigenvalue weighted by Crippen LogP contribution is 2.20. The van der Waals surface area contributed by atoms with Crippen LogP contribution in [0.2, 0.25) is 0 Å². The van der Waals surface area contributed by atoms with Crippen molar-refractivity contribution < 1.29 is 0 Å². The quantitative estimate of drug-likeness (QED) is 0.919. The van der Waals surface area contributed by atoms with Crippen molar-refractivity contribution >= 4 is 15.9 Å². The summed E-state index contributed by atoms with van der Waals surface area (Å²) >= 11 is 3.49. The molecule has 2 aromatic rings. The van der Waals surface area contributed by atoms with Gasteiger partial charge in [0, 0.05) is 10.5 Å². The SMILES string of the molecule is Cc1ccc(-n2cc(C(C)N)nn2)cc1Br. The molecule has 0 aliphatic heterocycles. The fraction of sp³-hybridized carbons (Fsp3) is 0.273. The molecule has 84 valence electrons. The molecule has 4 nitrogen and oxygen atoms in total. The van der Waals surface area contributed by atoms with Crippen LogP contribution >= 0.6 is 15.9 Å². The van der Waals surface area contributed by atoms with Crippen LogP contribution in [0.15, 0.2) is 28.9 Å². The zero-order valence-electron chi connectivity index (χ0n) is 9.18. The second-order valence-corrected chi connectivity index (χ2v) is 4.66. The molecule has 0 radical (unpaired) electrons. The number of rotatable bonds is 2. The van der Waals surface area contributed by atoms with Crippen LogP contribution in [0.3, 0.4) is 0 Å². The van der Waals surface area contributed by atoms with Gasteiger partial charge in [-0.3, -0.25) is 0 Å². The second-order valence-electron chi connectivity index (χ2n) is 3.81. The molecule has 0 saturated carbocycles. The minimum atomic E-state index is -0.0948. The second kappa shape index (κ2) is 4.35. The number of nitrogens with zero attached hydrogens (tertiary/aromatic N) is 3. The van der Waals surface area contributed by atoms with E-state index < -0.39 is 0 Å². The molecule has 5 heteroatoms. The lowest BCUT2D eigenvalue weighted by atomic mass is 10.2. The molecule has 0 aliphatic rings. The molecule has 1 heterocycles. The first-order valence-electron chi connectivity index (χ1n) is 5.02. The summed E-state index contributed by atoms with van der Waals surface area (Å²) in [4.78, 5) is 0. The summed E-state index contributed by atoms with van der Waals surface area (Å²) < 4.78 is 2.78. The zero-order chi connectivity index (χ0) is 11.7. The summed E-state index contributed by atoms with van der Waals surface area (Å²) in [6, 6.07) is 5.95. The van der Waals surface area contributed by atoms with Gasteiger partial charge in [0.2, 0.25) is 0 Å². The minimum absolute atomic E-state index is 0.0948. The van der Waals surface area contributed by atoms with Crippen LogP contribution in [0.4, 0.5) is 0 Å². The Hall–Kier alpha value is -1.20. The Morgan fingerprint density at radius 1 is 1.44 bits per heavy atom. The first kappa shape index (κ1) is 11.3. The predicted molar refractivity (Wildman–Crippen MR) is 66.4 cm³/mol. The number of aromatic nitrogens is 3. The lowest BCUT2D eigenvalue weighted by Gasteiger charge is -2.03. The van der Waals surface area contributed by atoms with E-state index in [9.17, 15) is 0 Å². The minimum Gasteiger partial charge on any atom is -0.323 e. The Morgan fingerprint density at radius 3 is 2.75 bits per heavy atom. The fourth-order valence-electron chi connectivity index (χ4n) is 1.34. The van der Waals surface area contributed by atoms with E-state index in [-0.39, 0.29) is 6.04 Å². The zero-order valence-corrected chi connectivity index (χ0v) is 10.8. The maximum atomic E-state index is 5.73. The number of hydrogen-bond donors (Lipinski definition) is 1. The molecule has 1 atom stereocenters. The van der Waals surface area contributed by atoms with Gasteiger partial charge in [0.05, 0.1) is 17.6 Å². The highest BCUT2D eigenvalue weighted by Gasteiger charge is 2.07. The molecule has 1 aromatic heterocycles. The molecular weight excluding hydrogens is 268 g/mol. The largest absolute Gasteiger partial charge is 0.323 e. The highest BCUT2D eigenvalue weighted by molar-refractivity contribution is 9.10. The Morgan fingerprint density at radius 2 is 2.19 bits per heavy atom. The van der Waals surface area contributed by atoms with E-state index in [2.05, 4.69) is 26.2 Å². The van der Waals surface area contributed by atoms with Crippen molar-refractivity contribution in [1.82, 2.24) is 15.0 Å². The molecule has 16 heavy (non-hydrogen) atoms. The smallest absolute Gasteiger partial charge is 0.0995 e. The van der Waals surface area contributed by atoms with Crippen molar-refractivity contribution in [3.8, 4) is 5.69 Å². The molecule has 0 aliphatic carbocycles. The maximum Gasteiger partial charge on any atom is 0.0995 e. The van der Waals surface area contributed by atoms with Gasteiger partial charge in [0.25, 0.3) is 0 Å². The first-order valence-corrected chi connectivity index (χ1v) is 5.81. The van der Waals surface area contributed by atoms with Gasteiger partial charge in [-0.05, 0) is 31.5 Å². The molecule has 0 amide bonds. The molecule has 1 unspecified atom stereocenters. The normalized spacial score (nSPS) is 12.8. The molecule has 2 rings (SSSR count). The van der Waals surface area contributed by atoms with E-state index in [0.717, 1.165) is 15.9 Å². The van der Waals surface area contributed by atoms with E-state index in [1.165, 1.54) is 5.56 Å². The monoisotopic (exact) mass is 280 g/mol. The van der Waals surface area contributed by atoms with Crippen LogP contribution in [0.25, 0.3) is 5.69 Å². The first-order chi connectivity index (χ1) is 7.58. The molecule has 0 bridgehead atoms. The third kappa shape index (κ3) is 2.15. The molecular formula is C11H13BrN4. The standard InChI is InChI=1S/C11H13BrN4/c1-7-3-4-9(5-10(7)12)16-6-11(8(2)13)14-15-16/h3-6,8H,13H2,1-2H3. The topological polar surface area (TPSA) is 56.7 Å². The van der Waals surface area contributed by atoms with Gasteiger partial charge in [-0.1, -0.05) is 27.2 Å². The molecule has 0 saturated heterocycles. The summed E-state index contributed by atoms with van der Waals surface area (Å²) in [5, 5.41) is 8.06. The molecule has 0 spiro atoms. The van der Waals surface area contributed by atoms with Gasteiger partial charge >= 0.3 is 0 Å². The lowest BCUT2D eigenvalue weighted by Crippen LogP contribution is -2.04. The summed E-state index contributed by atoms with van der Waals surface area (Å²) in [5.74, 6) is 0. The Balaban J connectivity index is 2.39. The van der Waals surface area contributed by atoms with E-state index >= 15 is 0 Å². The van der Waals surface area contributed by atoms with Crippen molar-refractivity contribution in [2.45, 2.75) is 19.9 Å². The van der Waals surface area contributed by atoms with Gasteiger partial charge in [-0.2, -0.15) is 0 Å². The van der Waals surface area contributed by atoms with E-state index in [1.807, 2.05) is 38.2 Å². The maximum absolute atomic E-state index is 5.73. The van der Waals surface area contributed by atoms with Crippen molar-refractivity contribution in [3.63, 3.8) is 0 Å². The molecule has 1 aromatic carbocycles. The van der Waals surface area contributed by atoms with E-state index in [1.54, 1.807) is 4.68 Å². The summed E-state index contributed by atoms with van der Waals surface area (Å²) in [6.45, 7) is 3.93. The van der Waals surface area contributed by atoms with Crippen molar-refractivity contribution in [1.29, 1.82) is 0 Å². The molecule has 0 fully saturated rings. The number of halogens is 1. The fourth-order valence-corrected chi connectivity index (χ4v) is 1.70. The van der Waals surface area contributed by atoms with Gasteiger partial charge < -0.3 is 5.73 Å². The van der Waals surface area contributed by atoms with Gasteiger partial charge in [0.15, 0.2) is 0 Å². The van der Waals surface area contributed by atoms with Gasteiger partial charge in [-0.25, -0.2) is 4.68 Å². The predicted octanol–water partition coefficient (Wildman–Crippen LogP) is 2.36. The number of hydrogen-bond acceptors (Lipinski definition) is 3. The van der Waals surface area contributed by atoms with Crippen molar-refractivity contribution in [2.75, 3.05) is 0 Å². The Labute approximate surface area is 103 Å². The van der Waals surface area contributed by atoms with Crippen LogP contribution in [0, 0.1) is 6.92 Å². The van der Waals surface area contributed by atoms with Gasteiger partial charge in [-0.15, -0.1) is 5.10 Å². The van der Waals surface area contributed by atoms with Crippen LogP contribution in [0.5, 0.6) is 0 Å². The average molecular weight is 281 g/mol. The van der Waals surface area contributed by atoms with Crippen LogP contribution in [-0.2, 0) is 0 Å². The Kier molecular flexibility index (Phi) is 3.07. The third-order valence-corrected chi connectivity index (χ3v) is 3.25. The van der Waals surface area contributed by atoms with Crippen LogP contribution in [-0.4, -0.2) is 15.0 Å². The van der Waals surface area contributed by atoms with Crippen LogP contribution in [0.1, 0.15) is 24.2 Å². The number of nitrogens with two attached hydrogens (primary N) is 1. The Bertz CT molecular complexity index is 504. The molecule has 2 N–H and O–H groups in total. The lowest BCUT2D eigenvalue weighted by molar-refractivity contribution is 0.756. The van der Waals surface area contributed by atoms with Crippen molar-refractivity contribution in [3.05, 3.63) is 40.1 Å². The van der Waals surface area contributed by atoms with Gasteiger partial charge in [0.1, 0.15) is 0 Å². The van der Waals surface area contributed by atoms with Crippen molar-refractivity contribution in [2.24, 2.45) is 5.73 Å². The van der Waals surface area contributed by atoms with Crippen LogP contribution < -0.4 is 5.73 Å². The summed E-state index contributed by atoms with van der Waals surface area (Å²) in [5.41, 5.74) is 8.68. The van der Waals surface area contributed by atoms with E-state index in [0.29, 0.717) is 0 Å². The number of benzene rings is 1. The van der Waals surface area contributed by atoms with E-state index in [4.69, 9.17) is 5.73 Å².